The van der Waals surface area contributed by atoms with Crippen LogP contribution in [0.4, 0.5) is 4.79 Å². The van der Waals surface area contributed by atoms with Gasteiger partial charge in [0.25, 0.3) is 5.91 Å². The van der Waals surface area contributed by atoms with Gasteiger partial charge in [-0.1, -0.05) is 0 Å². The van der Waals surface area contributed by atoms with E-state index in [1.807, 2.05) is 5.32 Å². The van der Waals surface area contributed by atoms with Gasteiger partial charge in [-0.2, -0.15) is 0 Å². The molecule has 0 radical (unpaired) electrons. The van der Waals surface area contributed by atoms with Gasteiger partial charge in [-0.05, 0) is 37.9 Å². The normalized spacial score (nSPS) is 16.9. The molecule has 6 nitrogen and oxygen atoms in total. The molecule has 0 aromatic heterocycles. The van der Waals surface area contributed by atoms with Crippen LogP contribution in [-0.2, 0) is 9.59 Å². The van der Waals surface area contributed by atoms with Gasteiger partial charge in [0.2, 0.25) is 0 Å². The van der Waals surface area contributed by atoms with Crippen molar-refractivity contribution in [3.63, 3.8) is 0 Å². The minimum atomic E-state index is -0.926. The lowest BCUT2D eigenvalue weighted by atomic mass is 9.92. The minimum absolute atomic E-state index is 0.100. The molecule has 0 aromatic carbocycles. The van der Waals surface area contributed by atoms with Crippen LogP contribution in [0.5, 0.6) is 0 Å². The number of nitrogens with one attached hydrogen (secondary N) is 2. The number of carbonyl (C=O) groups excluding carboxylic acids is 3. The monoisotopic (exact) mass is 239 g/mol. The minimum Gasteiger partial charge on any atom is -0.351 e. The summed E-state index contributed by atoms with van der Waals surface area (Å²) in [6.45, 7) is 1.87. The molecule has 1 heterocycles. The van der Waals surface area contributed by atoms with E-state index in [0.29, 0.717) is 12.3 Å². The van der Waals surface area contributed by atoms with E-state index in [2.05, 4.69) is 5.32 Å². The molecule has 1 fully saturated rings. The number of rotatable bonds is 4. The van der Waals surface area contributed by atoms with Gasteiger partial charge in [0.05, 0.1) is 0 Å². The summed E-state index contributed by atoms with van der Waals surface area (Å²) in [5, 5.41) is 5.07. The van der Waals surface area contributed by atoms with Gasteiger partial charge in [0.15, 0.2) is 5.78 Å². The van der Waals surface area contributed by atoms with Crippen LogP contribution in [0, 0.1) is 5.92 Å². The Labute approximate surface area is 99.6 Å². The van der Waals surface area contributed by atoms with Crippen LogP contribution in [0.25, 0.3) is 0 Å². The van der Waals surface area contributed by atoms with E-state index in [0.717, 1.165) is 32.0 Å². The second-order valence-corrected chi connectivity index (χ2v) is 4.05. The van der Waals surface area contributed by atoms with Gasteiger partial charge >= 0.3 is 6.03 Å². The van der Waals surface area contributed by atoms with Gasteiger partial charge < -0.3 is 11.1 Å². The predicted molar refractivity (Wildman–Crippen MR) is 62.1 cm³/mol. The first kappa shape index (κ1) is 13.4. The zero-order valence-corrected chi connectivity index (χ0v) is 9.57. The molecule has 0 bridgehead atoms. The molecule has 0 unspecified atom stereocenters. The number of piperidine rings is 1. The Balaban J connectivity index is 2.30. The Bertz CT molecular complexity index is 333. The van der Waals surface area contributed by atoms with Crippen LogP contribution in [0.15, 0.2) is 12.2 Å². The van der Waals surface area contributed by atoms with E-state index in [1.165, 1.54) is 6.08 Å². The number of hydrogen-bond acceptors (Lipinski definition) is 4. The van der Waals surface area contributed by atoms with E-state index in [1.54, 1.807) is 0 Å². The highest BCUT2D eigenvalue weighted by Gasteiger charge is 2.15. The van der Waals surface area contributed by atoms with E-state index in [-0.39, 0.29) is 5.78 Å². The fourth-order valence-electron chi connectivity index (χ4n) is 1.77. The van der Waals surface area contributed by atoms with Gasteiger partial charge in [-0.15, -0.1) is 0 Å². The molecule has 0 aromatic rings. The summed E-state index contributed by atoms with van der Waals surface area (Å²) in [5.41, 5.74) is 4.75. The maximum atomic E-state index is 11.5. The highest BCUT2D eigenvalue weighted by atomic mass is 16.2. The number of hydrogen-bond donors (Lipinski definition) is 3. The third-order valence-corrected chi connectivity index (χ3v) is 2.62. The molecule has 1 saturated heterocycles. The van der Waals surface area contributed by atoms with Gasteiger partial charge in [-0.25, -0.2) is 4.79 Å². The van der Waals surface area contributed by atoms with Gasteiger partial charge in [0.1, 0.15) is 0 Å². The number of carbonyl (C=O) groups is 3. The first-order chi connectivity index (χ1) is 8.08. The molecular formula is C11H17N3O3. The summed E-state index contributed by atoms with van der Waals surface area (Å²) in [5.74, 6) is -0.389. The number of urea groups is 1. The largest absolute Gasteiger partial charge is 0.351 e. The topological polar surface area (TPSA) is 101 Å². The third kappa shape index (κ3) is 5.82. The highest BCUT2D eigenvalue weighted by molar-refractivity contribution is 6.03. The zero-order chi connectivity index (χ0) is 12.7. The van der Waals surface area contributed by atoms with Crippen molar-refractivity contribution in [1.29, 1.82) is 0 Å². The number of nitrogens with two attached hydrogens (primary N) is 1. The number of ketones is 1. The van der Waals surface area contributed by atoms with Gasteiger partial charge in [-0.3, -0.25) is 14.9 Å². The molecule has 6 heteroatoms. The fraction of sp³-hybridized carbons (Fsp3) is 0.545. The lowest BCUT2D eigenvalue weighted by Gasteiger charge is -2.21. The SMILES string of the molecule is NC(=O)NC(=O)/C=C\C(=O)CC1CCNCC1. The molecule has 0 saturated carbocycles. The third-order valence-electron chi connectivity index (χ3n) is 2.62. The van der Waals surface area contributed by atoms with E-state index in [9.17, 15) is 14.4 Å². The van der Waals surface area contributed by atoms with E-state index >= 15 is 0 Å². The molecule has 0 spiro atoms. The molecule has 1 aliphatic heterocycles. The van der Waals surface area contributed by atoms with Crippen LogP contribution in [0.1, 0.15) is 19.3 Å². The molecule has 3 amide bonds. The van der Waals surface area contributed by atoms with Crippen LogP contribution >= 0.6 is 0 Å². The summed E-state index contributed by atoms with van der Waals surface area (Å²) < 4.78 is 0. The first-order valence-electron chi connectivity index (χ1n) is 5.60. The average molecular weight is 239 g/mol. The Kier molecular flexibility index (Phi) is 5.35. The van der Waals surface area contributed by atoms with Crippen LogP contribution < -0.4 is 16.4 Å². The van der Waals surface area contributed by atoms with Crippen molar-refractivity contribution in [2.24, 2.45) is 11.7 Å². The summed E-state index contributed by atoms with van der Waals surface area (Å²) in [4.78, 5) is 32.8. The molecular weight excluding hydrogens is 222 g/mol. The fourth-order valence-corrected chi connectivity index (χ4v) is 1.77. The maximum absolute atomic E-state index is 11.5. The lowest BCUT2D eigenvalue weighted by Crippen LogP contribution is -2.33. The molecule has 1 aliphatic rings. The van der Waals surface area contributed by atoms with Crippen molar-refractivity contribution < 1.29 is 14.4 Å². The maximum Gasteiger partial charge on any atom is 0.319 e. The Morgan fingerprint density at radius 3 is 2.47 bits per heavy atom. The first-order valence-corrected chi connectivity index (χ1v) is 5.60. The Morgan fingerprint density at radius 1 is 1.24 bits per heavy atom. The standard InChI is InChI=1S/C11H17N3O3/c12-11(17)14-10(16)2-1-9(15)7-8-3-5-13-6-4-8/h1-2,8,13H,3-7H2,(H3,12,14,16,17)/b2-1-. The molecule has 4 N–H and O–H groups in total. The number of imide groups is 1. The molecule has 0 atom stereocenters. The second-order valence-electron chi connectivity index (χ2n) is 4.05. The molecule has 0 aliphatic carbocycles. The number of amides is 3. The average Bonchev–Trinajstić information content (AvgIpc) is 2.27. The Hall–Kier alpha value is -1.69. The lowest BCUT2D eigenvalue weighted by molar-refractivity contribution is -0.117. The quantitative estimate of drug-likeness (QED) is 0.586. The zero-order valence-electron chi connectivity index (χ0n) is 9.57. The van der Waals surface area contributed by atoms with Crippen LogP contribution in [0.3, 0.4) is 0 Å². The van der Waals surface area contributed by atoms with Crippen molar-refractivity contribution in [1.82, 2.24) is 10.6 Å². The molecule has 17 heavy (non-hydrogen) atoms. The number of allylic oxidation sites excluding steroid dienone is 1. The van der Waals surface area contributed by atoms with Crippen molar-refractivity contribution >= 4 is 17.7 Å². The summed E-state index contributed by atoms with van der Waals surface area (Å²) in [6, 6.07) is -0.926. The number of primary amides is 1. The molecule has 94 valence electrons. The van der Waals surface area contributed by atoms with Gasteiger partial charge in [0, 0.05) is 12.5 Å². The second kappa shape index (κ2) is 6.80. The smallest absolute Gasteiger partial charge is 0.319 e. The highest BCUT2D eigenvalue weighted by Crippen LogP contribution is 2.16. The van der Waals surface area contributed by atoms with Crippen molar-refractivity contribution in [2.45, 2.75) is 19.3 Å². The summed E-state index contributed by atoms with van der Waals surface area (Å²) in [7, 11) is 0. The van der Waals surface area contributed by atoms with Crippen LogP contribution in [0.2, 0.25) is 0 Å². The van der Waals surface area contributed by atoms with Crippen molar-refractivity contribution in [3.8, 4) is 0 Å². The van der Waals surface area contributed by atoms with E-state index in [4.69, 9.17) is 5.73 Å². The van der Waals surface area contributed by atoms with E-state index < -0.39 is 11.9 Å². The Morgan fingerprint density at radius 2 is 1.88 bits per heavy atom. The summed E-state index contributed by atoms with van der Waals surface area (Å²) in [6.07, 6.45) is 4.64. The molecule has 1 rings (SSSR count). The van der Waals surface area contributed by atoms with Crippen molar-refractivity contribution in [2.75, 3.05) is 13.1 Å². The van der Waals surface area contributed by atoms with Crippen LogP contribution in [-0.4, -0.2) is 30.8 Å². The van der Waals surface area contributed by atoms with Crippen molar-refractivity contribution in [3.05, 3.63) is 12.2 Å². The summed E-state index contributed by atoms with van der Waals surface area (Å²) >= 11 is 0. The predicted octanol–water partition coefficient (Wildman–Crippen LogP) is -0.304.